The molecule has 4 rings (SSSR count). The highest BCUT2D eigenvalue weighted by molar-refractivity contribution is 5.95. The molecule has 0 fully saturated rings. The Morgan fingerprint density at radius 3 is 2.00 bits per heavy atom. The maximum absolute atomic E-state index is 13.8. The first-order chi connectivity index (χ1) is 17.5. The summed E-state index contributed by atoms with van der Waals surface area (Å²) in [6, 6.07) is 16.1. The molecule has 8 heteroatoms. The Bertz CT molecular complexity index is 1210. The molecule has 0 aliphatic carbocycles. The molecule has 36 heavy (non-hydrogen) atoms. The lowest BCUT2D eigenvalue weighted by Gasteiger charge is -2.37. The third kappa shape index (κ3) is 4.98. The molecule has 0 N–H and O–H groups in total. The third-order valence-electron chi connectivity index (χ3n) is 6.36. The molecule has 8 nitrogen and oxygen atoms in total. The van der Waals surface area contributed by atoms with Crippen LogP contribution in [0.15, 0.2) is 54.6 Å². The van der Waals surface area contributed by atoms with Crippen molar-refractivity contribution in [2.24, 2.45) is 0 Å². The number of benzene rings is 3. The highest BCUT2D eigenvalue weighted by Crippen LogP contribution is 2.39. The molecule has 1 amide bonds. The highest BCUT2D eigenvalue weighted by Gasteiger charge is 2.33. The second-order valence-corrected chi connectivity index (χ2v) is 8.23. The third-order valence-corrected chi connectivity index (χ3v) is 6.36. The SMILES string of the molecule is COc1ccc(OC[C@H]2c3cc(OC)c(OC)cc3CCN2C(=O)c2ccc(OC)c(OC)c2)cc1. The van der Waals surface area contributed by atoms with Gasteiger partial charge in [0.2, 0.25) is 0 Å². The first kappa shape index (κ1) is 25.0. The van der Waals surface area contributed by atoms with Crippen molar-refractivity contribution in [1.82, 2.24) is 4.90 Å². The molecular weight excluding hydrogens is 462 g/mol. The van der Waals surface area contributed by atoms with E-state index in [2.05, 4.69) is 0 Å². The Morgan fingerprint density at radius 2 is 1.36 bits per heavy atom. The quantitative estimate of drug-likeness (QED) is 0.433. The minimum atomic E-state index is -0.351. The lowest BCUT2D eigenvalue weighted by Crippen LogP contribution is -2.42. The van der Waals surface area contributed by atoms with Crippen LogP contribution in [-0.2, 0) is 6.42 Å². The summed E-state index contributed by atoms with van der Waals surface area (Å²) >= 11 is 0. The summed E-state index contributed by atoms with van der Waals surface area (Å²) < 4.78 is 33.2. The van der Waals surface area contributed by atoms with Crippen molar-refractivity contribution in [1.29, 1.82) is 0 Å². The standard InChI is InChI=1S/C28H31NO7/c1-31-20-7-9-21(10-8-20)36-17-23-22-16-27(35-5)26(34-4)14-18(22)12-13-29(23)28(30)19-6-11-24(32-2)25(15-19)33-3/h6-11,14-16,23H,12-13,17H2,1-5H3/t23-/m0/s1. The second kappa shape index (κ2) is 11.1. The number of ether oxygens (including phenoxy) is 6. The Kier molecular flexibility index (Phi) is 7.73. The van der Waals surface area contributed by atoms with E-state index in [9.17, 15) is 4.79 Å². The molecule has 190 valence electrons. The van der Waals surface area contributed by atoms with Gasteiger partial charge in [0.15, 0.2) is 23.0 Å². The van der Waals surface area contributed by atoms with Crippen molar-refractivity contribution in [2.75, 3.05) is 48.7 Å². The summed E-state index contributed by atoms with van der Waals surface area (Å²) in [7, 11) is 7.95. The molecule has 3 aromatic rings. The van der Waals surface area contributed by atoms with Gasteiger partial charge in [-0.2, -0.15) is 0 Å². The van der Waals surface area contributed by atoms with E-state index in [1.165, 1.54) is 0 Å². The van der Waals surface area contributed by atoms with E-state index in [0.717, 1.165) is 16.9 Å². The largest absolute Gasteiger partial charge is 0.497 e. The van der Waals surface area contributed by atoms with Gasteiger partial charge in [0.05, 0.1) is 41.6 Å². The van der Waals surface area contributed by atoms with Gasteiger partial charge in [-0.25, -0.2) is 0 Å². The zero-order valence-electron chi connectivity index (χ0n) is 21.2. The highest BCUT2D eigenvalue weighted by atomic mass is 16.5. The number of nitrogens with zero attached hydrogens (tertiary/aromatic N) is 1. The maximum Gasteiger partial charge on any atom is 0.254 e. The van der Waals surface area contributed by atoms with Crippen molar-refractivity contribution in [3.05, 3.63) is 71.3 Å². The van der Waals surface area contributed by atoms with Crippen molar-refractivity contribution in [2.45, 2.75) is 12.5 Å². The van der Waals surface area contributed by atoms with Crippen molar-refractivity contribution in [3.8, 4) is 34.5 Å². The summed E-state index contributed by atoms with van der Waals surface area (Å²) in [6.45, 7) is 0.778. The van der Waals surface area contributed by atoms with Crippen LogP contribution in [0, 0.1) is 0 Å². The molecule has 1 atom stereocenters. The van der Waals surface area contributed by atoms with Gasteiger partial charge < -0.3 is 33.3 Å². The molecule has 0 saturated carbocycles. The Morgan fingerprint density at radius 1 is 0.750 bits per heavy atom. The van der Waals surface area contributed by atoms with Crippen molar-refractivity contribution in [3.63, 3.8) is 0 Å². The molecule has 1 aliphatic rings. The monoisotopic (exact) mass is 493 g/mol. The van der Waals surface area contributed by atoms with Crippen molar-refractivity contribution >= 4 is 5.91 Å². The smallest absolute Gasteiger partial charge is 0.254 e. The molecule has 3 aromatic carbocycles. The summed E-state index contributed by atoms with van der Waals surface area (Å²) in [5.74, 6) is 3.62. The predicted molar refractivity (Wildman–Crippen MR) is 135 cm³/mol. The first-order valence-electron chi connectivity index (χ1n) is 11.6. The van der Waals surface area contributed by atoms with Gasteiger partial charge in [-0.3, -0.25) is 4.79 Å². The average Bonchev–Trinajstić information content (AvgIpc) is 2.94. The van der Waals surface area contributed by atoms with E-state index in [4.69, 9.17) is 28.4 Å². The number of carbonyl (C=O) groups excluding carboxylic acids is 1. The predicted octanol–water partition coefficient (Wildman–Crippen LogP) is 4.55. The molecular formula is C28H31NO7. The van der Waals surface area contributed by atoms with Crippen LogP contribution in [0.4, 0.5) is 0 Å². The number of amides is 1. The molecule has 1 heterocycles. The van der Waals surface area contributed by atoms with Crippen LogP contribution in [0.5, 0.6) is 34.5 Å². The summed E-state index contributed by atoms with van der Waals surface area (Å²) in [5, 5.41) is 0. The van der Waals surface area contributed by atoms with Gasteiger partial charge in [0.1, 0.15) is 18.1 Å². The molecule has 0 unspecified atom stereocenters. The summed E-state index contributed by atoms with van der Waals surface area (Å²) in [4.78, 5) is 15.6. The van der Waals surface area contributed by atoms with Crippen LogP contribution in [0.1, 0.15) is 27.5 Å². The number of carbonyl (C=O) groups is 1. The Hall–Kier alpha value is -4.07. The fourth-order valence-electron chi connectivity index (χ4n) is 4.43. The van der Waals surface area contributed by atoms with Crippen LogP contribution in [0.25, 0.3) is 0 Å². The topological polar surface area (TPSA) is 75.7 Å². The van der Waals surface area contributed by atoms with Gasteiger partial charge >= 0.3 is 0 Å². The van der Waals surface area contributed by atoms with Gasteiger partial charge in [-0.05, 0) is 72.1 Å². The Balaban J connectivity index is 1.69. The number of fused-ring (bicyclic) bond motifs is 1. The van der Waals surface area contributed by atoms with E-state index in [0.29, 0.717) is 47.3 Å². The number of methoxy groups -OCH3 is 5. The maximum atomic E-state index is 13.8. The molecule has 0 saturated heterocycles. The van der Waals surface area contributed by atoms with Gasteiger partial charge in [-0.15, -0.1) is 0 Å². The van der Waals surface area contributed by atoms with Gasteiger partial charge in [0.25, 0.3) is 5.91 Å². The fourth-order valence-corrected chi connectivity index (χ4v) is 4.43. The number of rotatable bonds is 9. The normalized spacial score (nSPS) is 14.5. The zero-order chi connectivity index (χ0) is 25.7. The summed E-state index contributed by atoms with van der Waals surface area (Å²) in [5.41, 5.74) is 2.56. The summed E-state index contributed by atoms with van der Waals surface area (Å²) in [6.07, 6.45) is 0.674. The number of hydrogen-bond donors (Lipinski definition) is 0. The molecule has 0 spiro atoms. The second-order valence-electron chi connectivity index (χ2n) is 8.23. The van der Waals surface area contributed by atoms with Crippen LogP contribution in [0.3, 0.4) is 0 Å². The lowest BCUT2D eigenvalue weighted by molar-refractivity contribution is 0.0589. The van der Waals surface area contributed by atoms with E-state index in [1.807, 2.05) is 41.3 Å². The van der Waals surface area contributed by atoms with Crippen LogP contribution in [0.2, 0.25) is 0 Å². The lowest BCUT2D eigenvalue weighted by atomic mass is 9.91. The minimum Gasteiger partial charge on any atom is -0.497 e. The first-order valence-corrected chi connectivity index (χ1v) is 11.6. The molecule has 0 bridgehead atoms. The van der Waals surface area contributed by atoms with E-state index in [1.54, 1.807) is 53.7 Å². The molecule has 0 aromatic heterocycles. The van der Waals surface area contributed by atoms with Crippen molar-refractivity contribution < 1.29 is 33.2 Å². The molecule has 0 radical (unpaired) electrons. The Labute approximate surface area is 211 Å². The molecule has 1 aliphatic heterocycles. The zero-order valence-corrected chi connectivity index (χ0v) is 21.2. The van der Waals surface area contributed by atoms with E-state index in [-0.39, 0.29) is 18.6 Å². The van der Waals surface area contributed by atoms with Crippen LogP contribution < -0.4 is 28.4 Å². The van der Waals surface area contributed by atoms with Crippen LogP contribution in [-0.4, -0.2) is 59.5 Å². The van der Waals surface area contributed by atoms with E-state index >= 15 is 0 Å². The number of hydrogen-bond acceptors (Lipinski definition) is 7. The fraction of sp³-hybridized carbons (Fsp3) is 0.321. The van der Waals surface area contributed by atoms with Gasteiger partial charge in [0, 0.05) is 12.1 Å². The minimum absolute atomic E-state index is 0.125. The van der Waals surface area contributed by atoms with Crippen LogP contribution >= 0.6 is 0 Å². The van der Waals surface area contributed by atoms with E-state index < -0.39 is 0 Å². The van der Waals surface area contributed by atoms with Gasteiger partial charge in [-0.1, -0.05) is 0 Å². The average molecular weight is 494 g/mol.